The van der Waals surface area contributed by atoms with Gasteiger partial charge in [0.25, 0.3) is 0 Å². The summed E-state index contributed by atoms with van der Waals surface area (Å²) in [6.45, 7) is 5.98. The van der Waals surface area contributed by atoms with Crippen LogP contribution < -0.4 is 15.5 Å². The Morgan fingerprint density at radius 3 is 2.49 bits per heavy atom. The molecule has 2 heterocycles. The zero-order valence-corrected chi connectivity index (χ0v) is 21.5. The number of piperidine rings is 1. The normalized spacial score (nSPS) is 19.9. The lowest BCUT2D eigenvalue weighted by molar-refractivity contribution is 0.166. The van der Waals surface area contributed by atoms with E-state index < -0.39 is 0 Å². The Morgan fingerprint density at radius 2 is 1.73 bits per heavy atom. The molecule has 192 valence electrons. The van der Waals surface area contributed by atoms with Crippen molar-refractivity contribution < 1.29 is 4.39 Å². The highest BCUT2D eigenvalue weighted by Gasteiger charge is 2.38. The number of nitrogens with zero attached hydrogens (tertiary/aromatic N) is 2. The molecule has 6 rings (SSSR count). The first-order valence-electron chi connectivity index (χ1n) is 13.6. The Labute approximate surface area is 219 Å². The van der Waals surface area contributed by atoms with Crippen molar-refractivity contribution in [1.29, 1.82) is 5.41 Å². The summed E-state index contributed by atoms with van der Waals surface area (Å²) in [5, 5.41) is 15.3. The molecular weight excluding hydrogens is 461 g/mol. The molecule has 3 aromatic rings. The average molecular weight is 498 g/mol. The number of rotatable bonds is 8. The summed E-state index contributed by atoms with van der Waals surface area (Å²) in [4.78, 5) is 5.18. The summed E-state index contributed by atoms with van der Waals surface area (Å²) in [5.41, 5.74) is 6.35. The quantitative estimate of drug-likeness (QED) is 0.298. The van der Waals surface area contributed by atoms with Gasteiger partial charge in [-0.15, -0.1) is 0 Å². The number of anilines is 4. The van der Waals surface area contributed by atoms with Crippen LogP contribution in [0.4, 0.5) is 27.1 Å². The first-order valence-corrected chi connectivity index (χ1v) is 13.6. The van der Waals surface area contributed by atoms with Crippen molar-refractivity contribution in [1.82, 2.24) is 4.90 Å². The molecule has 2 fully saturated rings. The summed E-state index contributed by atoms with van der Waals surface area (Å²) in [6, 6.07) is 21.6. The number of benzene rings is 3. The number of halogens is 1. The minimum Gasteiger partial charge on any atom is -0.363 e. The van der Waals surface area contributed by atoms with E-state index in [1.54, 1.807) is 19.1 Å². The number of fused-ring (bicyclic) bond motifs is 1. The molecule has 6 heteroatoms. The maximum absolute atomic E-state index is 14.2. The second-order valence-electron chi connectivity index (χ2n) is 10.9. The predicted molar refractivity (Wildman–Crippen MR) is 151 cm³/mol. The Balaban J connectivity index is 1.10. The molecule has 0 aromatic heterocycles. The monoisotopic (exact) mass is 497 g/mol. The molecule has 3 aliphatic rings. The van der Waals surface area contributed by atoms with Gasteiger partial charge in [0.1, 0.15) is 12.0 Å². The van der Waals surface area contributed by atoms with Gasteiger partial charge in [0.2, 0.25) is 0 Å². The lowest BCUT2D eigenvalue weighted by atomic mass is 9.92. The van der Waals surface area contributed by atoms with Crippen molar-refractivity contribution in [3.8, 4) is 0 Å². The topological polar surface area (TPSA) is 54.4 Å². The third-order valence-corrected chi connectivity index (χ3v) is 8.12. The molecule has 1 saturated heterocycles. The van der Waals surface area contributed by atoms with Crippen molar-refractivity contribution in [3.05, 3.63) is 83.7 Å². The number of hydrogen-bond donors (Lipinski definition) is 3. The zero-order chi connectivity index (χ0) is 25.4. The average Bonchev–Trinajstić information content (AvgIpc) is 3.66. The van der Waals surface area contributed by atoms with Crippen LogP contribution in [-0.2, 0) is 6.54 Å². The van der Waals surface area contributed by atoms with Gasteiger partial charge in [0.15, 0.2) is 0 Å². The number of likely N-dealkylation sites (tertiary alicyclic amines) is 1. The van der Waals surface area contributed by atoms with E-state index in [4.69, 9.17) is 5.41 Å². The third-order valence-electron chi connectivity index (χ3n) is 8.12. The zero-order valence-electron chi connectivity index (χ0n) is 21.5. The van der Waals surface area contributed by atoms with E-state index >= 15 is 0 Å². The fraction of sp³-hybridized carbons (Fsp3) is 0.387. The molecule has 1 saturated carbocycles. The van der Waals surface area contributed by atoms with E-state index in [9.17, 15) is 4.39 Å². The maximum Gasteiger partial charge on any atom is 0.146 e. The SMILES string of the molecule is CC(=N)c1cc(CN2CCC(C3Nc4ccccc4N3CC3CC3)CC2)ccc1Nc1ccccc1F. The van der Waals surface area contributed by atoms with E-state index in [-0.39, 0.29) is 5.82 Å². The highest BCUT2D eigenvalue weighted by molar-refractivity contribution is 6.02. The van der Waals surface area contributed by atoms with Crippen molar-refractivity contribution in [2.45, 2.75) is 45.3 Å². The van der Waals surface area contributed by atoms with Gasteiger partial charge in [-0.05, 0) is 93.6 Å². The molecule has 3 N–H and O–H groups in total. The van der Waals surface area contributed by atoms with Crippen molar-refractivity contribution in [3.63, 3.8) is 0 Å². The van der Waals surface area contributed by atoms with Crippen LogP contribution in [0.15, 0.2) is 66.7 Å². The number of nitrogens with one attached hydrogen (secondary N) is 3. The summed E-state index contributed by atoms with van der Waals surface area (Å²) < 4.78 is 14.2. The lowest BCUT2D eigenvalue weighted by Crippen LogP contribution is -2.47. The minimum atomic E-state index is -0.293. The molecule has 1 unspecified atom stereocenters. The first-order chi connectivity index (χ1) is 18.0. The van der Waals surface area contributed by atoms with Crippen molar-refractivity contribution in [2.24, 2.45) is 11.8 Å². The Bertz CT molecular complexity index is 1280. The highest BCUT2D eigenvalue weighted by Crippen LogP contribution is 2.42. The number of para-hydroxylation sites is 3. The van der Waals surface area contributed by atoms with Crippen LogP contribution in [-0.4, -0.2) is 36.4 Å². The first kappa shape index (κ1) is 24.0. The van der Waals surface area contributed by atoms with Crippen LogP contribution in [0.5, 0.6) is 0 Å². The second-order valence-corrected chi connectivity index (χ2v) is 10.9. The third kappa shape index (κ3) is 5.21. The predicted octanol–water partition coefficient (Wildman–Crippen LogP) is 6.84. The van der Waals surface area contributed by atoms with Gasteiger partial charge in [-0.3, -0.25) is 4.90 Å². The molecule has 5 nitrogen and oxygen atoms in total. The van der Waals surface area contributed by atoms with Gasteiger partial charge in [-0.2, -0.15) is 0 Å². The van der Waals surface area contributed by atoms with Crippen LogP contribution in [0.1, 0.15) is 43.7 Å². The Hall–Kier alpha value is -3.38. The van der Waals surface area contributed by atoms with Crippen molar-refractivity contribution in [2.75, 3.05) is 35.2 Å². The van der Waals surface area contributed by atoms with Crippen molar-refractivity contribution >= 4 is 28.5 Å². The van der Waals surface area contributed by atoms with E-state index in [1.165, 1.54) is 55.2 Å². The van der Waals surface area contributed by atoms with Crippen LogP contribution in [0.2, 0.25) is 0 Å². The van der Waals surface area contributed by atoms with Gasteiger partial charge in [0.05, 0.1) is 17.1 Å². The van der Waals surface area contributed by atoms with E-state index in [0.29, 0.717) is 23.5 Å². The minimum absolute atomic E-state index is 0.293. The molecule has 3 aromatic carbocycles. The summed E-state index contributed by atoms with van der Waals surface area (Å²) >= 11 is 0. The maximum atomic E-state index is 14.2. The van der Waals surface area contributed by atoms with Gasteiger partial charge in [-0.1, -0.05) is 30.3 Å². The fourth-order valence-electron chi connectivity index (χ4n) is 5.90. The molecule has 0 radical (unpaired) electrons. The lowest BCUT2D eigenvalue weighted by Gasteiger charge is -2.39. The standard InChI is InChI=1S/C31H36FN5/c1-21(33)25-18-23(12-13-27(25)34-28-7-3-2-6-26(28)32)19-36-16-14-24(15-17-36)31-35-29-8-4-5-9-30(29)37(31)20-22-10-11-22/h2-9,12-13,18,22,24,31,33-35H,10-11,14-17,19-20H2,1H3. The van der Waals surface area contributed by atoms with Crippen LogP contribution in [0, 0.1) is 23.1 Å². The number of hydrogen-bond acceptors (Lipinski definition) is 5. The molecule has 1 aliphatic carbocycles. The summed E-state index contributed by atoms with van der Waals surface area (Å²) in [6.07, 6.45) is 5.49. The molecule has 0 bridgehead atoms. The summed E-state index contributed by atoms with van der Waals surface area (Å²) in [7, 11) is 0. The Kier molecular flexibility index (Phi) is 6.59. The van der Waals surface area contributed by atoms with E-state index in [0.717, 1.165) is 36.8 Å². The molecule has 1 atom stereocenters. The van der Waals surface area contributed by atoms with E-state index in [2.05, 4.69) is 56.8 Å². The van der Waals surface area contributed by atoms with Crippen LogP contribution in [0.25, 0.3) is 0 Å². The molecular formula is C31H36FN5. The smallest absolute Gasteiger partial charge is 0.146 e. The van der Waals surface area contributed by atoms with Crippen LogP contribution >= 0.6 is 0 Å². The largest absolute Gasteiger partial charge is 0.363 e. The second kappa shape index (κ2) is 10.2. The molecule has 2 aliphatic heterocycles. The Morgan fingerprint density at radius 1 is 0.973 bits per heavy atom. The molecule has 0 spiro atoms. The van der Waals surface area contributed by atoms with E-state index in [1.807, 2.05) is 12.1 Å². The highest BCUT2D eigenvalue weighted by atomic mass is 19.1. The van der Waals surface area contributed by atoms with Gasteiger partial charge in [0, 0.05) is 36.0 Å². The molecule has 0 amide bonds. The summed E-state index contributed by atoms with van der Waals surface area (Å²) in [5.74, 6) is 1.20. The fourth-order valence-corrected chi connectivity index (χ4v) is 5.90. The van der Waals surface area contributed by atoms with Gasteiger partial charge in [-0.25, -0.2) is 4.39 Å². The van der Waals surface area contributed by atoms with Gasteiger partial charge < -0.3 is 20.9 Å². The van der Waals surface area contributed by atoms with Gasteiger partial charge >= 0.3 is 0 Å². The van der Waals surface area contributed by atoms with Crippen LogP contribution in [0.3, 0.4) is 0 Å². The molecule has 37 heavy (non-hydrogen) atoms.